The topological polar surface area (TPSA) is 48.4 Å². The van der Waals surface area contributed by atoms with Crippen LogP contribution in [0.1, 0.15) is 24.2 Å². The van der Waals surface area contributed by atoms with Gasteiger partial charge in [-0.1, -0.05) is 18.2 Å². The predicted molar refractivity (Wildman–Crippen MR) is 75.4 cm³/mol. The second-order valence-electron chi connectivity index (χ2n) is 4.44. The number of benzene rings is 1. The van der Waals surface area contributed by atoms with E-state index < -0.39 is 0 Å². The van der Waals surface area contributed by atoms with Crippen molar-refractivity contribution in [3.63, 3.8) is 0 Å². The zero-order valence-electron chi connectivity index (χ0n) is 11.6. The van der Waals surface area contributed by atoms with Gasteiger partial charge in [0.25, 0.3) is 0 Å². The first-order chi connectivity index (χ1) is 9.69. The summed E-state index contributed by atoms with van der Waals surface area (Å²) in [6.45, 7) is 1.97. The quantitative estimate of drug-likeness (QED) is 0.784. The molecular weight excluding hydrogens is 254 g/mol. The fraction of sp³-hybridized carbons (Fsp3) is 0.250. The van der Waals surface area contributed by atoms with Crippen molar-refractivity contribution in [1.29, 1.82) is 0 Å². The van der Waals surface area contributed by atoms with Crippen molar-refractivity contribution in [3.8, 4) is 5.75 Å². The van der Waals surface area contributed by atoms with E-state index in [4.69, 9.17) is 4.74 Å². The minimum absolute atomic E-state index is 0.0739. The maximum absolute atomic E-state index is 11.2. The summed E-state index contributed by atoms with van der Waals surface area (Å²) < 4.78 is 10.5. The molecule has 20 heavy (non-hydrogen) atoms. The van der Waals surface area contributed by atoms with Crippen molar-refractivity contribution in [2.75, 3.05) is 7.11 Å². The largest absolute Gasteiger partial charge is 0.486 e. The summed E-state index contributed by atoms with van der Waals surface area (Å²) in [5.74, 6) is 0.511. The minimum atomic E-state index is -0.248. The zero-order valence-corrected chi connectivity index (χ0v) is 11.6. The molecule has 4 nitrogen and oxygen atoms in total. The molecule has 0 saturated heterocycles. The molecule has 0 fully saturated rings. The van der Waals surface area contributed by atoms with E-state index in [0.717, 1.165) is 16.9 Å². The number of hydrogen-bond acceptors (Lipinski definition) is 4. The summed E-state index contributed by atoms with van der Waals surface area (Å²) in [6.07, 6.45) is 3.72. The number of esters is 1. The number of rotatable bonds is 5. The minimum Gasteiger partial charge on any atom is -0.486 e. The van der Waals surface area contributed by atoms with Gasteiger partial charge in [0.15, 0.2) is 0 Å². The van der Waals surface area contributed by atoms with Gasteiger partial charge in [0.05, 0.1) is 13.5 Å². The zero-order chi connectivity index (χ0) is 14.4. The fourth-order valence-electron chi connectivity index (χ4n) is 1.81. The van der Waals surface area contributed by atoms with Gasteiger partial charge in [-0.2, -0.15) is 0 Å². The van der Waals surface area contributed by atoms with Gasteiger partial charge in [0.1, 0.15) is 11.9 Å². The maximum atomic E-state index is 11.2. The van der Waals surface area contributed by atoms with Gasteiger partial charge in [-0.25, -0.2) is 0 Å². The first-order valence-electron chi connectivity index (χ1n) is 6.41. The molecule has 0 aliphatic carbocycles. The highest BCUT2D eigenvalue weighted by atomic mass is 16.5. The molecule has 1 atom stereocenters. The lowest BCUT2D eigenvalue weighted by Gasteiger charge is -2.14. The number of methoxy groups -OCH3 is 1. The second kappa shape index (κ2) is 6.70. The Kier molecular flexibility index (Phi) is 4.71. The number of carbonyl (C=O) groups is 1. The van der Waals surface area contributed by atoms with Gasteiger partial charge in [-0.05, 0) is 30.7 Å². The average Bonchev–Trinajstić information content (AvgIpc) is 2.50. The molecule has 1 heterocycles. The van der Waals surface area contributed by atoms with Gasteiger partial charge < -0.3 is 9.47 Å². The van der Waals surface area contributed by atoms with Crippen molar-refractivity contribution in [1.82, 2.24) is 4.98 Å². The first-order valence-corrected chi connectivity index (χ1v) is 6.41. The smallest absolute Gasteiger partial charge is 0.309 e. The third-order valence-electron chi connectivity index (χ3n) is 2.97. The van der Waals surface area contributed by atoms with Gasteiger partial charge >= 0.3 is 5.97 Å². The Morgan fingerprint density at radius 2 is 2.00 bits per heavy atom. The summed E-state index contributed by atoms with van der Waals surface area (Å²) in [7, 11) is 1.38. The number of carbonyl (C=O) groups excluding carboxylic acids is 1. The van der Waals surface area contributed by atoms with E-state index in [1.807, 2.05) is 43.3 Å². The van der Waals surface area contributed by atoms with E-state index in [2.05, 4.69) is 9.72 Å². The summed E-state index contributed by atoms with van der Waals surface area (Å²) in [5, 5.41) is 0. The Balaban J connectivity index is 1.98. The Morgan fingerprint density at radius 3 is 2.60 bits per heavy atom. The molecule has 0 spiro atoms. The fourth-order valence-corrected chi connectivity index (χ4v) is 1.81. The van der Waals surface area contributed by atoms with E-state index in [1.54, 1.807) is 12.4 Å². The second-order valence-corrected chi connectivity index (χ2v) is 4.44. The van der Waals surface area contributed by atoms with Gasteiger partial charge in [-0.3, -0.25) is 9.78 Å². The van der Waals surface area contributed by atoms with E-state index in [0.29, 0.717) is 0 Å². The van der Waals surface area contributed by atoms with Crippen molar-refractivity contribution in [3.05, 3.63) is 59.9 Å². The van der Waals surface area contributed by atoms with Crippen LogP contribution in [0.2, 0.25) is 0 Å². The van der Waals surface area contributed by atoms with E-state index in [1.165, 1.54) is 7.11 Å². The Labute approximate surface area is 118 Å². The predicted octanol–water partition coefficient (Wildman–Crippen LogP) is 2.94. The highest BCUT2D eigenvalue weighted by molar-refractivity contribution is 5.72. The van der Waals surface area contributed by atoms with Crippen molar-refractivity contribution >= 4 is 5.97 Å². The number of hydrogen-bond donors (Lipinski definition) is 0. The molecule has 104 valence electrons. The number of aromatic nitrogens is 1. The van der Waals surface area contributed by atoms with Gasteiger partial charge in [0, 0.05) is 18.0 Å². The van der Waals surface area contributed by atoms with Crippen LogP contribution in [0.5, 0.6) is 5.75 Å². The Hall–Kier alpha value is -2.36. The highest BCUT2D eigenvalue weighted by Crippen LogP contribution is 2.21. The monoisotopic (exact) mass is 271 g/mol. The number of pyridine rings is 1. The molecule has 1 unspecified atom stereocenters. The number of ether oxygens (including phenoxy) is 2. The lowest BCUT2D eigenvalue weighted by atomic mass is 10.1. The summed E-state index contributed by atoms with van der Waals surface area (Å²) in [4.78, 5) is 15.2. The van der Waals surface area contributed by atoms with Crippen molar-refractivity contribution in [2.24, 2.45) is 0 Å². The van der Waals surface area contributed by atoms with Crippen LogP contribution in [0.4, 0.5) is 0 Å². The van der Waals surface area contributed by atoms with Gasteiger partial charge in [-0.15, -0.1) is 0 Å². The van der Waals surface area contributed by atoms with Crippen LogP contribution in [0.15, 0.2) is 48.8 Å². The van der Waals surface area contributed by atoms with E-state index >= 15 is 0 Å². The average molecular weight is 271 g/mol. The molecule has 0 aliphatic rings. The van der Waals surface area contributed by atoms with Crippen molar-refractivity contribution < 1.29 is 14.3 Å². The molecule has 2 rings (SSSR count). The molecule has 2 aromatic rings. The molecule has 1 aromatic carbocycles. The van der Waals surface area contributed by atoms with Crippen LogP contribution in [0.25, 0.3) is 0 Å². The molecule has 0 amide bonds. The molecule has 0 N–H and O–H groups in total. The highest BCUT2D eigenvalue weighted by Gasteiger charge is 2.08. The normalized spacial score (nSPS) is 11.7. The summed E-state index contributed by atoms with van der Waals surface area (Å²) in [5.41, 5.74) is 1.92. The lowest BCUT2D eigenvalue weighted by Crippen LogP contribution is -2.05. The van der Waals surface area contributed by atoms with E-state index in [9.17, 15) is 4.79 Å². The van der Waals surface area contributed by atoms with Crippen LogP contribution in [0.3, 0.4) is 0 Å². The first kappa shape index (κ1) is 14.1. The third-order valence-corrected chi connectivity index (χ3v) is 2.97. The van der Waals surface area contributed by atoms with Crippen LogP contribution >= 0.6 is 0 Å². The third kappa shape index (κ3) is 3.82. The van der Waals surface area contributed by atoms with Crippen LogP contribution in [0, 0.1) is 0 Å². The Bertz CT molecular complexity index is 552. The van der Waals surface area contributed by atoms with Crippen LogP contribution in [-0.4, -0.2) is 18.1 Å². The lowest BCUT2D eigenvalue weighted by molar-refractivity contribution is -0.139. The Morgan fingerprint density at radius 1 is 1.25 bits per heavy atom. The molecule has 0 bridgehead atoms. The molecule has 1 aromatic heterocycles. The standard InChI is InChI=1S/C16H17NO3/c1-12(14-4-3-9-17-11-14)20-15-7-5-13(6-8-15)10-16(18)19-2/h3-9,11-12H,10H2,1-2H3. The molecule has 0 aliphatic heterocycles. The molecule has 0 saturated carbocycles. The van der Waals surface area contributed by atoms with E-state index in [-0.39, 0.29) is 18.5 Å². The maximum Gasteiger partial charge on any atom is 0.309 e. The molecule has 0 radical (unpaired) electrons. The molecule has 4 heteroatoms. The molecular formula is C16H17NO3. The van der Waals surface area contributed by atoms with Crippen LogP contribution < -0.4 is 4.74 Å². The summed E-state index contributed by atoms with van der Waals surface area (Å²) >= 11 is 0. The summed E-state index contributed by atoms with van der Waals surface area (Å²) in [6, 6.07) is 11.3. The van der Waals surface area contributed by atoms with Crippen LogP contribution in [-0.2, 0) is 16.0 Å². The SMILES string of the molecule is COC(=O)Cc1ccc(OC(C)c2cccnc2)cc1. The van der Waals surface area contributed by atoms with Gasteiger partial charge in [0.2, 0.25) is 0 Å². The number of nitrogens with zero attached hydrogens (tertiary/aromatic N) is 1. The van der Waals surface area contributed by atoms with Crippen molar-refractivity contribution in [2.45, 2.75) is 19.4 Å².